The van der Waals surface area contributed by atoms with Gasteiger partial charge in [-0.1, -0.05) is 32.6 Å². The maximum absolute atomic E-state index is 3.14. The molecule has 0 amide bonds. The zero-order valence-corrected chi connectivity index (χ0v) is 18.2. The summed E-state index contributed by atoms with van der Waals surface area (Å²) in [5.74, 6) is 5.96. The summed E-state index contributed by atoms with van der Waals surface area (Å²) in [7, 11) is 0. The topological polar surface area (TPSA) is 0 Å². The van der Waals surface area contributed by atoms with E-state index in [1.54, 1.807) is 0 Å². The molecule has 0 spiro atoms. The molecule has 0 aromatic rings. The molecule has 2 aliphatic rings. The summed E-state index contributed by atoms with van der Waals surface area (Å²) in [6.07, 6.45) is 12.6. The van der Waals surface area contributed by atoms with Gasteiger partial charge >= 0.3 is 53.1 Å². The number of hydrogen-bond acceptors (Lipinski definition) is 0. The van der Waals surface area contributed by atoms with Crippen LogP contribution in [-0.2, 0) is 26.2 Å². The van der Waals surface area contributed by atoms with Crippen molar-refractivity contribution in [3.63, 3.8) is 0 Å². The third-order valence-electron chi connectivity index (χ3n) is 2.82. The molecule has 1 radical (unpaired) electrons. The molecular weight excluding hydrogens is 368 g/mol. The SMILES string of the molecule is CC(C)C1=CC[C-]=C1.CC1=C=[C-]CC1C.[CH3][GeH][CH3].[Zr+2]. The summed E-state index contributed by atoms with van der Waals surface area (Å²) < 4.78 is 0. The average molecular weight is 395 g/mol. The average Bonchev–Trinajstić information content (AvgIpc) is 2.94. The fourth-order valence-corrected chi connectivity index (χ4v) is 1.43. The minimum atomic E-state index is 0. The van der Waals surface area contributed by atoms with E-state index >= 15 is 0 Å². The fraction of sp³-hybridized carbons (Fsp3) is 0.588. The largest absolute Gasteiger partial charge is 2.00 e. The van der Waals surface area contributed by atoms with Gasteiger partial charge in [0.1, 0.15) is 0 Å². The molecule has 0 saturated carbocycles. The summed E-state index contributed by atoms with van der Waals surface area (Å²) in [6.45, 7) is 8.71. The monoisotopic (exact) mass is 395 g/mol. The van der Waals surface area contributed by atoms with Crippen molar-refractivity contribution in [1.82, 2.24) is 0 Å². The Morgan fingerprint density at radius 2 is 1.95 bits per heavy atom. The van der Waals surface area contributed by atoms with Crippen molar-refractivity contribution < 1.29 is 26.2 Å². The van der Waals surface area contributed by atoms with Crippen LogP contribution < -0.4 is 0 Å². The Balaban J connectivity index is 0. The molecule has 0 aliphatic heterocycles. The molecule has 2 heteroatoms. The fourth-order valence-electron chi connectivity index (χ4n) is 1.43. The third kappa shape index (κ3) is 10.8. The van der Waals surface area contributed by atoms with Gasteiger partial charge in [-0.15, -0.1) is 19.8 Å². The normalized spacial score (nSPS) is 18.8. The van der Waals surface area contributed by atoms with Crippen LogP contribution in [0.25, 0.3) is 0 Å². The van der Waals surface area contributed by atoms with Crippen molar-refractivity contribution in [2.24, 2.45) is 11.8 Å². The van der Waals surface area contributed by atoms with Crippen molar-refractivity contribution in [2.75, 3.05) is 0 Å². The second-order valence-electron chi connectivity index (χ2n) is 5.08. The molecule has 103 valence electrons. The molecule has 0 aromatic heterocycles. The van der Waals surface area contributed by atoms with Gasteiger partial charge in [0.05, 0.1) is 0 Å². The van der Waals surface area contributed by atoms with Gasteiger partial charge in [0.25, 0.3) is 0 Å². The minimum absolute atomic E-state index is 0. The molecular formula is C17H27GeZr. The number of allylic oxidation sites excluding steroid dienone is 5. The molecule has 0 bridgehead atoms. The minimum Gasteiger partial charge on any atom is 2.00 e. The molecule has 0 nitrogen and oxygen atoms in total. The molecule has 0 aromatic carbocycles. The Labute approximate surface area is 146 Å². The molecule has 2 rings (SSSR count). The standard InChI is InChI=1S/C8H11.C7H9.C2H7Ge.Zr/c1-7(2)8-5-3-4-6-8;1-6-4-3-5-7(6)2;1-3-2;/h5-7H,3H2,1-2H3;6H,4H2,1-2H3;3H,1-2H3;/q2*-1;;+2. The van der Waals surface area contributed by atoms with Crippen LogP contribution in [-0.4, -0.2) is 15.4 Å². The maximum Gasteiger partial charge on any atom is 2.00 e. The van der Waals surface area contributed by atoms with Crippen molar-refractivity contribution >= 4 is 15.4 Å². The van der Waals surface area contributed by atoms with Gasteiger partial charge in [0, 0.05) is 0 Å². The van der Waals surface area contributed by atoms with Gasteiger partial charge in [-0.25, -0.2) is 12.2 Å². The zero-order valence-electron chi connectivity index (χ0n) is 13.3. The van der Waals surface area contributed by atoms with Crippen molar-refractivity contribution in [2.45, 2.75) is 52.0 Å². The summed E-state index contributed by atoms with van der Waals surface area (Å²) in [4.78, 5) is 0. The maximum atomic E-state index is 3.14. The van der Waals surface area contributed by atoms with E-state index in [-0.39, 0.29) is 26.2 Å². The van der Waals surface area contributed by atoms with Crippen LogP contribution in [0, 0.1) is 24.0 Å². The van der Waals surface area contributed by atoms with Crippen molar-refractivity contribution in [3.05, 3.63) is 41.2 Å². The Bertz CT molecular complexity index is 344. The van der Waals surface area contributed by atoms with Gasteiger partial charge in [-0.3, -0.25) is 6.08 Å². The summed E-state index contributed by atoms with van der Waals surface area (Å²) >= 11 is 0.312. The molecule has 0 N–H and O–H groups in total. The first-order chi connectivity index (χ1) is 8.52. The molecule has 1 unspecified atom stereocenters. The Hall–Kier alpha value is 0.426. The smallest absolute Gasteiger partial charge is 2.00 e. The van der Waals surface area contributed by atoms with Gasteiger partial charge in [-0.2, -0.15) is 17.2 Å². The van der Waals surface area contributed by atoms with Crippen molar-refractivity contribution in [3.8, 4) is 0 Å². The number of rotatable bonds is 1. The van der Waals surface area contributed by atoms with Crippen LogP contribution in [0.3, 0.4) is 0 Å². The van der Waals surface area contributed by atoms with E-state index in [1.807, 2.05) is 0 Å². The Kier molecular flexibility index (Phi) is 15.3. The van der Waals surface area contributed by atoms with Crippen LogP contribution in [0.2, 0.25) is 11.5 Å². The predicted octanol–water partition coefficient (Wildman–Crippen LogP) is 4.78. The first kappa shape index (κ1) is 21.7. The first-order valence-corrected chi connectivity index (χ1v) is 11.7. The van der Waals surface area contributed by atoms with Crippen LogP contribution in [0.4, 0.5) is 0 Å². The van der Waals surface area contributed by atoms with Crippen LogP contribution in [0.15, 0.2) is 29.0 Å². The van der Waals surface area contributed by atoms with E-state index in [0.717, 1.165) is 12.8 Å². The molecule has 19 heavy (non-hydrogen) atoms. The Morgan fingerprint density at radius 1 is 1.37 bits per heavy atom. The molecule has 0 fully saturated rings. The van der Waals surface area contributed by atoms with E-state index in [1.165, 1.54) is 11.1 Å². The molecule has 2 aliphatic carbocycles. The quantitative estimate of drug-likeness (QED) is 0.341. The Morgan fingerprint density at radius 3 is 2.11 bits per heavy atom. The van der Waals surface area contributed by atoms with E-state index in [9.17, 15) is 0 Å². The van der Waals surface area contributed by atoms with E-state index < -0.39 is 0 Å². The van der Waals surface area contributed by atoms with Crippen LogP contribution in [0.5, 0.6) is 0 Å². The second-order valence-corrected chi connectivity index (χ2v) is 7.50. The van der Waals surface area contributed by atoms with E-state index in [4.69, 9.17) is 0 Å². The van der Waals surface area contributed by atoms with Crippen LogP contribution in [0.1, 0.15) is 40.5 Å². The van der Waals surface area contributed by atoms with Crippen LogP contribution >= 0.6 is 0 Å². The number of hydrogen-bond donors (Lipinski definition) is 0. The first-order valence-electron chi connectivity index (χ1n) is 6.85. The van der Waals surface area contributed by atoms with E-state index in [0.29, 0.717) is 27.3 Å². The predicted molar refractivity (Wildman–Crippen MR) is 84.0 cm³/mol. The van der Waals surface area contributed by atoms with E-state index in [2.05, 4.69) is 69.2 Å². The van der Waals surface area contributed by atoms with Gasteiger partial charge in [0.15, 0.2) is 0 Å². The zero-order chi connectivity index (χ0) is 14.0. The summed E-state index contributed by atoms with van der Waals surface area (Å²) in [6, 6.07) is 0. The summed E-state index contributed by atoms with van der Waals surface area (Å²) in [5.41, 5.74) is 5.82. The third-order valence-corrected chi connectivity index (χ3v) is 2.82. The van der Waals surface area contributed by atoms with Crippen molar-refractivity contribution in [1.29, 1.82) is 0 Å². The van der Waals surface area contributed by atoms with Gasteiger partial charge < -0.3 is 5.73 Å². The van der Waals surface area contributed by atoms with Gasteiger partial charge in [0.2, 0.25) is 0 Å². The summed E-state index contributed by atoms with van der Waals surface area (Å²) in [5, 5.41) is 0. The molecule has 1 atom stereocenters. The molecule has 0 saturated heterocycles. The second kappa shape index (κ2) is 13.4. The van der Waals surface area contributed by atoms with Gasteiger partial charge in [-0.05, 0) is 0 Å². The molecule has 0 heterocycles.